The van der Waals surface area contributed by atoms with E-state index in [0.717, 1.165) is 48.2 Å². The number of nitrogens with one attached hydrogen (secondary N) is 1. The zero-order chi connectivity index (χ0) is 12.5. The highest BCUT2D eigenvalue weighted by Gasteiger charge is 2.20. The van der Waals surface area contributed by atoms with Crippen molar-refractivity contribution in [3.8, 4) is 0 Å². The van der Waals surface area contributed by atoms with Gasteiger partial charge in [0.1, 0.15) is 0 Å². The monoisotopic (exact) mass is 246 g/mol. The Balaban J connectivity index is 1.87. The van der Waals surface area contributed by atoms with Crippen molar-refractivity contribution in [1.29, 1.82) is 0 Å². The molecule has 0 unspecified atom stereocenters. The first-order chi connectivity index (χ1) is 8.78. The van der Waals surface area contributed by atoms with Crippen LogP contribution in [0.1, 0.15) is 12.8 Å². The van der Waals surface area contributed by atoms with E-state index >= 15 is 0 Å². The maximum Gasteiger partial charge on any atom is 0.0672 e. The quantitative estimate of drug-likeness (QED) is 0.792. The number of fused-ring (bicyclic) bond motifs is 1. The molecule has 0 amide bonds. The molecule has 5 nitrogen and oxygen atoms in total. The molecule has 1 fully saturated rings. The van der Waals surface area contributed by atoms with E-state index in [1.54, 1.807) is 13.3 Å². The summed E-state index contributed by atoms with van der Waals surface area (Å²) in [5, 5.41) is 8.08. The largest absolute Gasteiger partial charge is 0.397 e. The van der Waals surface area contributed by atoms with Gasteiger partial charge in [0.25, 0.3) is 0 Å². The highest BCUT2D eigenvalue weighted by Crippen LogP contribution is 2.30. The van der Waals surface area contributed by atoms with Gasteiger partial charge < -0.3 is 15.4 Å². The Morgan fingerprint density at radius 3 is 2.89 bits per heavy atom. The van der Waals surface area contributed by atoms with Gasteiger partial charge in [0.2, 0.25) is 0 Å². The van der Waals surface area contributed by atoms with Crippen LogP contribution in [0.25, 0.3) is 10.9 Å². The summed E-state index contributed by atoms with van der Waals surface area (Å²) in [6, 6.07) is 4.07. The molecule has 18 heavy (non-hydrogen) atoms. The molecular weight excluding hydrogens is 228 g/mol. The average molecular weight is 246 g/mol. The number of ether oxygens (including phenoxy) is 1. The number of aromatic nitrogens is 2. The van der Waals surface area contributed by atoms with Gasteiger partial charge in [0, 0.05) is 25.6 Å². The second kappa shape index (κ2) is 4.49. The van der Waals surface area contributed by atoms with E-state index in [1.165, 1.54) is 0 Å². The van der Waals surface area contributed by atoms with Crippen LogP contribution in [0.2, 0.25) is 0 Å². The van der Waals surface area contributed by atoms with Gasteiger partial charge in [0.05, 0.1) is 29.2 Å². The number of methoxy groups -OCH3 is 1. The van der Waals surface area contributed by atoms with Gasteiger partial charge >= 0.3 is 0 Å². The van der Waals surface area contributed by atoms with Gasteiger partial charge in [0.15, 0.2) is 0 Å². The molecule has 0 atom stereocenters. The van der Waals surface area contributed by atoms with E-state index in [-0.39, 0.29) is 0 Å². The first-order valence-electron chi connectivity index (χ1n) is 6.28. The second-order valence-corrected chi connectivity index (χ2v) is 4.79. The smallest absolute Gasteiger partial charge is 0.0672 e. The van der Waals surface area contributed by atoms with Crippen LogP contribution in [-0.4, -0.2) is 36.5 Å². The van der Waals surface area contributed by atoms with Crippen LogP contribution < -0.4 is 10.6 Å². The molecule has 2 heterocycles. The normalized spacial score (nSPS) is 17.5. The molecule has 0 aliphatic carbocycles. The third-order valence-corrected chi connectivity index (χ3v) is 3.70. The Hall–Kier alpha value is -1.75. The predicted octanol–water partition coefficient (Wildman–Crippen LogP) is 1.76. The highest BCUT2D eigenvalue weighted by molar-refractivity contribution is 5.88. The highest BCUT2D eigenvalue weighted by atomic mass is 16.5. The van der Waals surface area contributed by atoms with Gasteiger partial charge in [-0.3, -0.25) is 5.10 Å². The maximum atomic E-state index is 6.13. The summed E-state index contributed by atoms with van der Waals surface area (Å²) < 4.78 is 5.39. The molecule has 0 saturated carbocycles. The number of aromatic amines is 1. The van der Waals surface area contributed by atoms with Crippen molar-refractivity contribution >= 4 is 22.3 Å². The van der Waals surface area contributed by atoms with Crippen molar-refractivity contribution in [2.24, 2.45) is 0 Å². The number of nitrogens with two attached hydrogens (primary N) is 1. The lowest BCUT2D eigenvalue weighted by molar-refractivity contribution is 0.0819. The molecule has 5 heteroatoms. The van der Waals surface area contributed by atoms with E-state index in [2.05, 4.69) is 21.2 Å². The third-order valence-electron chi connectivity index (χ3n) is 3.70. The molecule has 0 bridgehead atoms. The minimum absolute atomic E-state index is 0.387. The number of nitrogens with zero attached hydrogens (tertiary/aromatic N) is 2. The number of piperidine rings is 1. The lowest BCUT2D eigenvalue weighted by Gasteiger charge is -2.33. The van der Waals surface area contributed by atoms with E-state index in [0.29, 0.717) is 6.10 Å². The van der Waals surface area contributed by atoms with E-state index < -0.39 is 0 Å². The van der Waals surface area contributed by atoms with Crippen molar-refractivity contribution in [3.63, 3.8) is 0 Å². The average Bonchev–Trinajstić information content (AvgIpc) is 2.85. The molecule has 0 radical (unpaired) electrons. The summed E-state index contributed by atoms with van der Waals surface area (Å²) in [4.78, 5) is 2.32. The Labute approximate surface area is 106 Å². The third kappa shape index (κ3) is 1.90. The zero-order valence-electron chi connectivity index (χ0n) is 10.5. The molecule has 1 aromatic carbocycles. The first-order valence-corrected chi connectivity index (χ1v) is 6.28. The molecule has 3 N–H and O–H groups in total. The summed E-state index contributed by atoms with van der Waals surface area (Å²) in [7, 11) is 1.78. The Bertz CT molecular complexity index is 543. The molecule has 1 aliphatic rings. The topological polar surface area (TPSA) is 67.2 Å². The van der Waals surface area contributed by atoms with Crippen molar-refractivity contribution < 1.29 is 4.74 Å². The summed E-state index contributed by atoms with van der Waals surface area (Å²) in [6.07, 6.45) is 4.29. The van der Waals surface area contributed by atoms with Crippen molar-refractivity contribution in [2.45, 2.75) is 18.9 Å². The molecule has 3 rings (SSSR count). The van der Waals surface area contributed by atoms with Crippen LogP contribution in [0.15, 0.2) is 18.3 Å². The molecule has 1 aliphatic heterocycles. The van der Waals surface area contributed by atoms with Crippen LogP contribution in [0.4, 0.5) is 11.4 Å². The van der Waals surface area contributed by atoms with Gasteiger partial charge in [-0.2, -0.15) is 5.10 Å². The van der Waals surface area contributed by atoms with Crippen LogP contribution in [0.5, 0.6) is 0 Å². The van der Waals surface area contributed by atoms with Gasteiger partial charge in [-0.15, -0.1) is 0 Å². The van der Waals surface area contributed by atoms with E-state index in [1.807, 2.05) is 6.07 Å². The summed E-state index contributed by atoms with van der Waals surface area (Å²) in [5.74, 6) is 0. The van der Waals surface area contributed by atoms with E-state index in [4.69, 9.17) is 10.5 Å². The molecular formula is C13H18N4O. The Kier molecular flexibility index (Phi) is 2.83. The second-order valence-electron chi connectivity index (χ2n) is 4.79. The number of hydrogen-bond donors (Lipinski definition) is 2. The molecule has 2 aromatic rings. The number of benzene rings is 1. The number of H-pyrrole nitrogens is 1. The van der Waals surface area contributed by atoms with E-state index in [9.17, 15) is 0 Å². The lowest BCUT2D eigenvalue weighted by Crippen LogP contribution is -2.37. The minimum atomic E-state index is 0.387. The SMILES string of the molecule is COC1CCN(c2cc3[nH]ncc3cc2N)CC1. The molecule has 1 saturated heterocycles. The number of anilines is 2. The fraction of sp³-hybridized carbons (Fsp3) is 0.462. The fourth-order valence-corrected chi connectivity index (χ4v) is 2.60. The van der Waals surface area contributed by atoms with Crippen LogP contribution in [-0.2, 0) is 4.74 Å². The number of rotatable bonds is 2. The summed E-state index contributed by atoms with van der Waals surface area (Å²) in [5.41, 5.74) is 9.08. The van der Waals surface area contributed by atoms with Crippen molar-refractivity contribution in [3.05, 3.63) is 18.3 Å². The van der Waals surface area contributed by atoms with Crippen molar-refractivity contribution in [2.75, 3.05) is 30.8 Å². The fourth-order valence-electron chi connectivity index (χ4n) is 2.60. The Morgan fingerprint density at radius 1 is 1.39 bits per heavy atom. The summed E-state index contributed by atoms with van der Waals surface area (Å²) in [6.45, 7) is 1.98. The van der Waals surface area contributed by atoms with Gasteiger partial charge in [-0.1, -0.05) is 0 Å². The Morgan fingerprint density at radius 2 is 2.17 bits per heavy atom. The zero-order valence-corrected chi connectivity index (χ0v) is 10.5. The minimum Gasteiger partial charge on any atom is -0.397 e. The van der Waals surface area contributed by atoms with Crippen LogP contribution in [0.3, 0.4) is 0 Å². The number of nitrogen functional groups attached to an aromatic ring is 1. The van der Waals surface area contributed by atoms with Crippen LogP contribution in [0, 0.1) is 0 Å². The lowest BCUT2D eigenvalue weighted by atomic mass is 10.1. The molecule has 1 aromatic heterocycles. The maximum absolute atomic E-state index is 6.13. The number of hydrogen-bond acceptors (Lipinski definition) is 4. The van der Waals surface area contributed by atoms with Crippen molar-refractivity contribution in [1.82, 2.24) is 10.2 Å². The van der Waals surface area contributed by atoms with Gasteiger partial charge in [-0.25, -0.2) is 0 Å². The van der Waals surface area contributed by atoms with Gasteiger partial charge in [-0.05, 0) is 25.0 Å². The predicted molar refractivity (Wildman–Crippen MR) is 72.8 cm³/mol. The standard InChI is InChI=1S/C13H18N4O/c1-18-10-2-4-17(5-3-10)13-7-12-9(6-11(13)14)8-15-16-12/h6-8,10H,2-5,14H2,1H3,(H,15,16). The summed E-state index contributed by atoms with van der Waals surface area (Å²) >= 11 is 0. The molecule has 96 valence electrons. The first kappa shape index (κ1) is 11.3. The van der Waals surface area contributed by atoms with Crippen LogP contribution >= 0.6 is 0 Å². The molecule has 0 spiro atoms.